The van der Waals surface area contributed by atoms with Crippen molar-refractivity contribution in [1.29, 1.82) is 0 Å². The normalized spacial score (nSPS) is 17.0. The number of para-hydroxylation sites is 2. The maximum Gasteiger partial charge on any atom is 0.261 e. The Labute approximate surface area is 291 Å². The summed E-state index contributed by atoms with van der Waals surface area (Å²) in [6.45, 7) is 4.89. The number of hydrogen-bond acceptors (Lipinski definition) is 8. The van der Waals surface area contributed by atoms with E-state index in [1.165, 1.54) is 30.3 Å². The van der Waals surface area contributed by atoms with E-state index in [1.54, 1.807) is 60.4 Å². The number of aliphatic hydroxyl groups is 1. The van der Waals surface area contributed by atoms with E-state index in [0.717, 1.165) is 5.56 Å². The Morgan fingerprint density at radius 2 is 1.78 bits per heavy atom. The van der Waals surface area contributed by atoms with Crippen LogP contribution in [0.2, 0.25) is 5.02 Å². The number of sulfonamides is 1. The molecule has 5 N–H and O–H groups in total. The molecule has 1 aliphatic rings. The van der Waals surface area contributed by atoms with Crippen LogP contribution in [0.1, 0.15) is 40.1 Å². The predicted molar refractivity (Wildman–Crippen MR) is 191 cm³/mol. The van der Waals surface area contributed by atoms with Gasteiger partial charge >= 0.3 is 0 Å². The summed E-state index contributed by atoms with van der Waals surface area (Å²) in [6, 6.07) is 24.3. The molecule has 4 aromatic carbocycles. The second-order valence-corrected chi connectivity index (χ2v) is 14.4. The van der Waals surface area contributed by atoms with Gasteiger partial charge in [-0.05, 0) is 86.3 Å². The summed E-state index contributed by atoms with van der Waals surface area (Å²) in [5.41, 5.74) is 8.85. The van der Waals surface area contributed by atoms with Crippen molar-refractivity contribution < 1.29 is 27.9 Å². The lowest BCUT2D eigenvalue weighted by molar-refractivity contribution is 0.0341. The van der Waals surface area contributed by atoms with Crippen molar-refractivity contribution in [2.45, 2.75) is 37.4 Å². The van der Waals surface area contributed by atoms with E-state index in [2.05, 4.69) is 14.9 Å². The van der Waals surface area contributed by atoms with Crippen molar-refractivity contribution >= 4 is 50.5 Å². The second kappa shape index (κ2) is 15.3. The average molecular weight is 706 g/mol. The molecule has 0 bridgehead atoms. The molecule has 0 radical (unpaired) electrons. The number of aliphatic hydroxyl groups excluding tert-OH is 1. The maximum atomic E-state index is 13.8. The average Bonchev–Trinajstić information content (AvgIpc) is 3.07. The van der Waals surface area contributed by atoms with Gasteiger partial charge in [0.05, 0.1) is 34.5 Å². The topological polar surface area (TPSA) is 154 Å². The molecule has 0 aromatic heterocycles. The van der Waals surface area contributed by atoms with Crippen molar-refractivity contribution in [3.05, 3.63) is 113 Å². The largest absolute Gasteiger partial charge is 0.488 e. The van der Waals surface area contributed by atoms with Gasteiger partial charge in [-0.1, -0.05) is 42.8 Å². The minimum absolute atomic E-state index is 0.0222. The predicted octanol–water partition coefficient (Wildman–Crippen LogP) is 5.33. The zero-order valence-electron chi connectivity index (χ0n) is 27.5. The number of halogens is 1. The molecule has 0 saturated heterocycles. The molecule has 0 fully saturated rings. The third kappa shape index (κ3) is 8.70. The van der Waals surface area contributed by atoms with Crippen LogP contribution in [0.5, 0.6) is 5.75 Å². The number of fused-ring (bicyclic) bond motifs is 1. The summed E-state index contributed by atoms with van der Waals surface area (Å²) in [4.78, 5) is 30.3. The van der Waals surface area contributed by atoms with Crippen molar-refractivity contribution in [3.63, 3.8) is 0 Å². The fourth-order valence-electron chi connectivity index (χ4n) is 5.58. The third-order valence-corrected chi connectivity index (χ3v) is 10.1. The van der Waals surface area contributed by atoms with Crippen LogP contribution in [0.3, 0.4) is 0 Å². The molecule has 5 rings (SSSR count). The van der Waals surface area contributed by atoms with Crippen LogP contribution < -0.4 is 20.5 Å². The number of nitrogens with one attached hydrogen (secondary N) is 2. The van der Waals surface area contributed by atoms with E-state index in [0.29, 0.717) is 47.3 Å². The number of nitrogen functional groups attached to an aromatic ring is 1. The number of carbonyl (C=O) groups is 2. The Hall–Kier alpha value is -4.62. The Balaban J connectivity index is 1.32. The Morgan fingerprint density at radius 1 is 1.08 bits per heavy atom. The number of likely N-dealkylation sites (N-methyl/N-ethyl adjacent to an activating group) is 1. The molecule has 49 heavy (non-hydrogen) atoms. The van der Waals surface area contributed by atoms with Crippen LogP contribution in [0.4, 0.5) is 17.1 Å². The molecule has 0 aliphatic carbocycles. The summed E-state index contributed by atoms with van der Waals surface area (Å²) in [6.07, 6.45) is -0.358. The summed E-state index contributed by atoms with van der Waals surface area (Å²) in [7, 11) is -2.00. The van der Waals surface area contributed by atoms with Gasteiger partial charge in [0.2, 0.25) is 0 Å². The first-order chi connectivity index (χ1) is 23.3. The minimum atomic E-state index is -3.96. The van der Waals surface area contributed by atoms with Crippen LogP contribution in [-0.4, -0.2) is 74.0 Å². The Kier molecular flexibility index (Phi) is 11.1. The number of nitrogens with zero attached hydrogens (tertiary/aromatic N) is 2. The fourth-order valence-corrected chi connectivity index (χ4v) is 6.76. The summed E-state index contributed by atoms with van der Waals surface area (Å²) in [5, 5.41) is 13.2. The monoisotopic (exact) mass is 705 g/mol. The van der Waals surface area contributed by atoms with E-state index in [1.807, 2.05) is 26.1 Å². The molecule has 13 heteroatoms. The van der Waals surface area contributed by atoms with Crippen LogP contribution in [0.15, 0.2) is 95.9 Å². The summed E-state index contributed by atoms with van der Waals surface area (Å²) in [5.74, 6) is -0.436. The molecular formula is C36H40ClN5O6S. The van der Waals surface area contributed by atoms with Crippen molar-refractivity contribution in [2.24, 2.45) is 5.92 Å². The third-order valence-electron chi connectivity index (χ3n) is 8.41. The van der Waals surface area contributed by atoms with Crippen molar-refractivity contribution in [2.75, 3.05) is 42.5 Å². The summed E-state index contributed by atoms with van der Waals surface area (Å²) >= 11 is 5.93. The number of hydrogen-bond donors (Lipinski definition) is 4. The van der Waals surface area contributed by atoms with Gasteiger partial charge in [-0.25, -0.2) is 8.42 Å². The lowest BCUT2D eigenvalue weighted by atomic mass is 9.99. The van der Waals surface area contributed by atoms with Crippen LogP contribution in [0, 0.1) is 5.92 Å². The number of anilines is 3. The molecule has 2 amide bonds. The van der Waals surface area contributed by atoms with Gasteiger partial charge in [-0.3, -0.25) is 19.2 Å². The molecule has 0 saturated carbocycles. The van der Waals surface area contributed by atoms with Gasteiger partial charge in [-0.2, -0.15) is 0 Å². The lowest BCUT2D eigenvalue weighted by Crippen LogP contribution is -2.49. The van der Waals surface area contributed by atoms with E-state index in [4.69, 9.17) is 22.1 Å². The highest BCUT2D eigenvalue weighted by atomic mass is 35.5. The maximum absolute atomic E-state index is 13.8. The van der Waals surface area contributed by atoms with E-state index in [-0.39, 0.29) is 46.6 Å². The number of rotatable bonds is 11. The SMILES string of the molecule is C[C@H](CO)N1C[C@H](C)[C@@H](CN(C)Cc2ccc(C(=O)Nc3ccccc3N)cc2)Oc2ccc(NS(=O)(=O)c3ccc(Cl)cc3)cc2C1=O. The van der Waals surface area contributed by atoms with Crippen LogP contribution in [-0.2, 0) is 16.6 Å². The first-order valence-electron chi connectivity index (χ1n) is 15.8. The van der Waals surface area contributed by atoms with Crippen LogP contribution in [0.25, 0.3) is 0 Å². The highest BCUT2D eigenvalue weighted by Gasteiger charge is 2.34. The second-order valence-electron chi connectivity index (χ2n) is 12.3. The molecule has 258 valence electrons. The lowest BCUT2D eigenvalue weighted by Gasteiger charge is -2.38. The standard InChI is InChI=1S/C36H40ClN5O6S/c1-23-19-42(24(2)22-43)36(45)30-18-28(40-49(46,47)29-15-12-27(37)13-16-29)14-17-33(30)48-34(23)21-41(3)20-25-8-10-26(11-9-25)35(44)39-32-7-5-4-6-31(32)38/h4-18,23-24,34,40,43H,19-22,38H2,1-3H3,(H,39,44)/t23-,24+,34+/m0/s1. The Morgan fingerprint density at radius 3 is 2.45 bits per heavy atom. The van der Waals surface area contributed by atoms with E-state index < -0.39 is 16.1 Å². The molecule has 4 aromatic rings. The van der Waals surface area contributed by atoms with Gasteiger partial charge < -0.3 is 25.8 Å². The van der Waals surface area contributed by atoms with Gasteiger partial charge in [-0.15, -0.1) is 0 Å². The first kappa shape index (κ1) is 35.7. The van der Waals surface area contributed by atoms with Gasteiger partial charge in [0, 0.05) is 41.8 Å². The number of ether oxygens (including phenoxy) is 1. The number of carbonyl (C=O) groups excluding carboxylic acids is 2. The molecule has 1 heterocycles. The molecule has 3 atom stereocenters. The fraction of sp³-hybridized carbons (Fsp3) is 0.278. The molecule has 0 spiro atoms. The zero-order chi connectivity index (χ0) is 35.3. The quantitative estimate of drug-likeness (QED) is 0.153. The van der Waals surface area contributed by atoms with E-state index >= 15 is 0 Å². The molecule has 1 aliphatic heterocycles. The number of benzene rings is 4. The van der Waals surface area contributed by atoms with Gasteiger partial charge in [0.1, 0.15) is 11.9 Å². The minimum Gasteiger partial charge on any atom is -0.488 e. The smallest absolute Gasteiger partial charge is 0.261 e. The molecule has 11 nitrogen and oxygen atoms in total. The van der Waals surface area contributed by atoms with Crippen LogP contribution >= 0.6 is 11.6 Å². The van der Waals surface area contributed by atoms with Crippen molar-refractivity contribution in [1.82, 2.24) is 9.80 Å². The summed E-state index contributed by atoms with van der Waals surface area (Å²) < 4.78 is 35.2. The number of nitrogens with two attached hydrogens (primary N) is 1. The number of amides is 2. The highest BCUT2D eigenvalue weighted by Crippen LogP contribution is 2.32. The highest BCUT2D eigenvalue weighted by molar-refractivity contribution is 7.92. The van der Waals surface area contributed by atoms with Crippen molar-refractivity contribution in [3.8, 4) is 5.75 Å². The van der Waals surface area contributed by atoms with Gasteiger partial charge in [0.15, 0.2) is 0 Å². The van der Waals surface area contributed by atoms with Gasteiger partial charge in [0.25, 0.3) is 21.8 Å². The first-order valence-corrected chi connectivity index (χ1v) is 17.6. The van der Waals surface area contributed by atoms with E-state index in [9.17, 15) is 23.1 Å². The molecular weight excluding hydrogens is 666 g/mol. The zero-order valence-corrected chi connectivity index (χ0v) is 29.0. The Bertz CT molecular complexity index is 1910. The molecule has 0 unspecified atom stereocenters.